The Hall–Kier alpha value is -2.33. The SMILES string of the molecule is O=C(O)C1CN(C(=O)C2CC2c2ccccc2Cl)c2ccccc21. The van der Waals surface area contributed by atoms with Crippen molar-refractivity contribution < 1.29 is 14.7 Å². The van der Waals surface area contributed by atoms with Crippen LogP contribution in [0, 0.1) is 5.92 Å². The van der Waals surface area contributed by atoms with Crippen LogP contribution in [-0.2, 0) is 9.59 Å². The van der Waals surface area contributed by atoms with Crippen molar-refractivity contribution in [3.8, 4) is 0 Å². The molecular formula is C19H16ClNO3. The van der Waals surface area contributed by atoms with Crippen molar-refractivity contribution in [3.05, 3.63) is 64.7 Å². The molecule has 5 heteroatoms. The van der Waals surface area contributed by atoms with E-state index in [2.05, 4.69) is 0 Å². The second kappa shape index (κ2) is 5.64. The fourth-order valence-corrected chi connectivity index (χ4v) is 3.89. The van der Waals surface area contributed by atoms with Crippen LogP contribution in [0.15, 0.2) is 48.5 Å². The molecule has 0 aromatic heterocycles. The highest BCUT2D eigenvalue weighted by molar-refractivity contribution is 6.31. The van der Waals surface area contributed by atoms with Crippen LogP contribution < -0.4 is 4.90 Å². The van der Waals surface area contributed by atoms with Crippen LogP contribution in [0.25, 0.3) is 0 Å². The normalized spacial score (nSPS) is 24.5. The summed E-state index contributed by atoms with van der Waals surface area (Å²) in [7, 11) is 0. The topological polar surface area (TPSA) is 57.6 Å². The van der Waals surface area contributed by atoms with E-state index >= 15 is 0 Å². The van der Waals surface area contributed by atoms with Gasteiger partial charge < -0.3 is 10.0 Å². The molecule has 1 amide bonds. The zero-order valence-electron chi connectivity index (χ0n) is 12.9. The first-order valence-electron chi connectivity index (χ1n) is 7.95. The number of hydrogen-bond donors (Lipinski definition) is 1. The number of carboxylic acids is 1. The number of carbonyl (C=O) groups is 2. The maximum Gasteiger partial charge on any atom is 0.312 e. The summed E-state index contributed by atoms with van der Waals surface area (Å²) in [5, 5.41) is 10.1. The van der Waals surface area contributed by atoms with Crippen LogP contribution in [-0.4, -0.2) is 23.5 Å². The molecule has 0 bridgehead atoms. The Morgan fingerprint density at radius 3 is 2.42 bits per heavy atom. The summed E-state index contributed by atoms with van der Waals surface area (Å²) in [6, 6.07) is 14.9. The molecule has 2 aromatic carbocycles. The van der Waals surface area contributed by atoms with Gasteiger partial charge in [0.15, 0.2) is 0 Å². The van der Waals surface area contributed by atoms with Gasteiger partial charge >= 0.3 is 5.97 Å². The minimum atomic E-state index is -0.892. The largest absolute Gasteiger partial charge is 0.481 e. The first kappa shape index (κ1) is 15.2. The Balaban J connectivity index is 1.59. The fourth-order valence-electron chi connectivity index (χ4n) is 3.61. The van der Waals surface area contributed by atoms with E-state index < -0.39 is 11.9 Å². The third kappa shape index (κ3) is 2.38. The highest BCUT2D eigenvalue weighted by atomic mass is 35.5. The molecular weight excluding hydrogens is 326 g/mol. The number of anilines is 1. The van der Waals surface area contributed by atoms with Crippen molar-refractivity contribution in [2.45, 2.75) is 18.3 Å². The highest BCUT2D eigenvalue weighted by Gasteiger charge is 2.49. The van der Waals surface area contributed by atoms with Crippen molar-refractivity contribution in [2.75, 3.05) is 11.4 Å². The summed E-state index contributed by atoms with van der Waals surface area (Å²) in [5.41, 5.74) is 2.44. The summed E-state index contributed by atoms with van der Waals surface area (Å²) >= 11 is 6.23. The molecule has 24 heavy (non-hydrogen) atoms. The number of benzene rings is 2. The molecule has 122 valence electrons. The van der Waals surface area contributed by atoms with Crippen LogP contribution in [0.4, 0.5) is 5.69 Å². The van der Waals surface area contributed by atoms with E-state index in [9.17, 15) is 14.7 Å². The molecule has 4 rings (SSSR count). The fraction of sp³-hybridized carbons (Fsp3) is 0.263. The maximum atomic E-state index is 12.9. The molecule has 0 radical (unpaired) electrons. The lowest BCUT2D eigenvalue weighted by molar-refractivity contribution is -0.138. The number of para-hydroxylation sites is 1. The lowest BCUT2D eigenvalue weighted by Gasteiger charge is -2.17. The molecule has 1 aliphatic heterocycles. The number of nitrogens with zero attached hydrogens (tertiary/aromatic N) is 1. The lowest BCUT2D eigenvalue weighted by Crippen LogP contribution is -2.32. The van der Waals surface area contributed by atoms with E-state index in [1.54, 1.807) is 11.0 Å². The minimum absolute atomic E-state index is 0.00359. The van der Waals surface area contributed by atoms with Gasteiger partial charge in [-0.25, -0.2) is 0 Å². The molecule has 1 heterocycles. The van der Waals surface area contributed by atoms with Gasteiger partial charge in [-0.2, -0.15) is 0 Å². The summed E-state index contributed by atoms with van der Waals surface area (Å²) in [6.07, 6.45) is 0.763. The Bertz CT molecular complexity index is 835. The molecule has 2 aromatic rings. The maximum absolute atomic E-state index is 12.9. The third-order valence-electron chi connectivity index (χ3n) is 4.94. The molecule has 1 fully saturated rings. The summed E-state index contributed by atoms with van der Waals surface area (Å²) in [4.78, 5) is 26.1. The van der Waals surface area contributed by atoms with E-state index in [1.165, 1.54) is 0 Å². The molecule has 3 unspecified atom stereocenters. The molecule has 0 saturated heterocycles. The average Bonchev–Trinajstić information content (AvgIpc) is 3.27. The smallest absolute Gasteiger partial charge is 0.312 e. The van der Waals surface area contributed by atoms with Crippen molar-refractivity contribution in [2.24, 2.45) is 5.92 Å². The number of rotatable bonds is 3. The summed E-state index contributed by atoms with van der Waals surface area (Å²) < 4.78 is 0. The number of carboxylic acid groups (broad SMARTS) is 1. The second-order valence-electron chi connectivity index (χ2n) is 6.37. The monoisotopic (exact) mass is 341 g/mol. The van der Waals surface area contributed by atoms with Crippen LogP contribution in [0.2, 0.25) is 5.02 Å². The van der Waals surface area contributed by atoms with Crippen molar-refractivity contribution >= 4 is 29.2 Å². The Morgan fingerprint density at radius 1 is 1.04 bits per heavy atom. The molecule has 4 nitrogen and oxygen atoms in total. The predicted molar refractivity (Wildman–Crippen MR) is 91.5 cm³/mol. The summed E-state index contributed by atoms with van der Waals surface area (Å²) in [6.45, 7) is 0.208. The van der Waals surface area contributed by atoms with Gasteiger partial charge in [-0.05, 0) is 35.6 Å². The van der Waals surface area contributed by atoms with Gasteiger partial charge in [0.1, 0.15) is 5.92 Å². The van der Waals surface area contributed by atoms with Crippen LogP contribution in [0.5, 0.6) is 0 Å². The Morgan fingerprint density at radius 2 is 1.71 bits per heavy atom. The number of carbonyl (C=O) groups excluding carboxylic acids is 1. The molecule has 1 aliphatic carbocycles. The molecule has 0 spiro atoms. The number of halogens is 1. The molecule has 2 aliphatic rings. The first-order valence-corrected chi connectivity index (χ1v) is 8.33. The number of aliphatic carboxylic acids is 1. The van der Waals surface area contributed by atoms with Crippen LogP contribution >= 0.6 is 11.6 Å². The van der Waals surface area contributed by atoms with Crippen molar-refractivity contribution in [1.29, 1.82) is 0 Å². The molecule has 1 saturated carbocycles. The van der Waals surface area contributed by atoms with Gasteiger partial charge in [-0.3, -0.25) is 9.59 Å². The minimum Gasteiger partial charge on any atom is -0.481 e. The lowest BCUT2D eigenvalue weighted by atomic mass is 10.0. The van der Waals surface area contributed by atoms with Gasteiger partial charge in [0.2, 0.25) is 5.91 Å². The van der Waals surface area contributed by atoms with E-state index in [1.807, 2.05) is 42.5 Å². The van der Waals surface area contributed by atoms with Crippen LogP contribution in [0.3, 0.4) is 0 Å². The Labute approximate surface area is 144 Å². The van der Waals surface area contributed by atoms with Gasteiger partial charge in [0.05, 0.1) is 0 Å². The van der Waals surface area contributed by atoms with E-state index in [0.29, 0.717) is 10.6 Å². The first-order chi connectivity index (χ1) is 11.6. The predicted octanol–water partition coefficient (Wildman–Crippen LogP) is 3.66. The van der Waals surface area contributed by atoms with Gasteiger partial charge in [-0.15, -0.1) is 0 Å². The van der Waals surface area contributed by atoms with E-state index in [-0.39, 0.29) is 24.3 Å². The van der Waals surface area contributed by atoms with Crippen LogP contribution in [0.1, 0.15) is 29.4 Å². The number of amides is 1. The zero-order chi connectivity index (χ0) is 16.8. The van der Waals surface area contributed by atoms with Gasteiger partial charge in [0.25, 0.3) is 0 Å². The van der Waals surface area contributed by atoms with Crippen molar-refractivity contribution in [1.82, 2.24) is 0 Å². The second-order valence-corrected chi connectivity index (χ2v) is 6.78. The number of hydrogen-bond acceptors (Lipinski definition) is 2. The van der Waals surface area contributed by atoms with Crippen molar-refractivity contribution in [3.63, 3.8) is 0 Å². The van der Waals surface area contributed by atoms with Gasteiger partial charge in [-0.1, -0.05) is 48.0 Å². The summed E-state index contributed by atoms with van der Waals surface area (Å²) in [5.74, 6) is -1.54. The average molecular weight is 342 g/mol. The zero-order valence-corrected chi connectivity index (χ0v) is 13.6. The third-order valence-corrected chi connectivity index (χ3v) is 5.29. The Kier molecular flexibility index (Phi) is 3.57. The molecule has 1 N–H and O–H groups in total. The standard InChI is InChI=1S/C19H16ClNO3/c20-16-7-3-1-5-11(16)13-9-14(13)18(22)21-10-15(19(23)24)12-6-2-4-8-17(12)21/h1-8,13-15H,9-10H2,(H,23,24). The van der Waals surface area contributed by atoms with E-state index in [0.717, 1.165) is 17.7 Å². The quantitative estimate of drug-likeness (QED) is 0.926. The number of fused-ring (bicyclic) bond motifs is 1. The van der Waals surface area contributed by atoms with E-state index in [4.69, 9.17) is 11.6 Å². The molecule has 3 atom stereocenters. The van der Waals surface area contributed by atoms with Gasteiger partial charge in [0, 0.05) is 23.2 Å². The highest BCUT2D eigenvalue weighted by Crippen LogP contribution is 2.52.